The van der Waals surface area contributed by atoms with Gasteiger partial charge in [0.25, 0.3) is 0 Å². The molecule has 2 heterocycles. The number of hydrogen-bond acceptors (Lipinski definition) is 5. The summed E-state index contributed by atoms with van der Waals surface area (Å²) in [4.78, 5) is 9.14. The van der Waals surface area contributed by atoms with Gasteiger partial charge in [-0.3, -0.25) is 0 Å². The van der Waals surface area contributed by atoms with Gasteiger partial charge >= 0.3 is 0 Å². The van der Waals surface area contributed by atoms with Crippen molar-refractivity contribution in [1.82, 2.24) is 9.97 Å². The number of nitrogens with one attached hydrogen (secondary N) is 1. The van der Waals surface area contributed by atoms with Crippen molar-refractivity contribution in [3.8, 4) is 0 Å². The van der Waals surface area contributed by atoms with Crippen LogP contribution in [0.15, 0.2) is 0 Å². The molecule has 1 aliphatic rings. The molecule has 100 valence electrons. The summed E-state index contributed by atoms with van der Waals surface area (Å²) in [6, 6.07) is 0. The van der Waals surface area contributed by atoms with E-state index in [-0.39, 0.29) is 6.10 Å². The second-order valence-corrected chi connectivity index (χ2v) is 4.31. The Labute approximate surface area is 108 Å². The highest BCUT2D eigenvalue weighted by molar-refractivity contribution is 5.46. The van der Waals surface area contributed by atoms with Crippen LogP contribution in [0, 0.1) is 6.92 Å². The molecule has 0 saturated carbocycles. The van der Waals surface area contributed by atoms with Crippen LogP contribution in [0.3, 0.4) is 0 Å². The number of anilines is 1. The van der Waals surface area contributed by atoms with Crippen LogP contribution < -0.4 is 5.32 Å². The lowest BCUT2D eigenvalue weighted by Gasteiger charge is -2.23. The molecule has 0 amide bonds. The number of hydrogen-bond donors (Lipinski definition) is 1. The van der Waals surface area contributed by atoms with Crippen molar-refractivity contribution in [3.05, 3.63) is 17.1 Å². The highest BCUT2D eigenvalue weighted by atomic mass is 16.6. The third-order valence-corrected chi connectivity index (χ3v) is 3.03. The zero-order chi connectivity index (χ0) is 13.0. The second kappa shape index (κ2) is 6.11. The minimum absolute atomic E-state index is 0.138. The van der Waals surface area contributed by atoms with Crippen molar-refractivity contribution >= 4 is 5.82 Å². The zero-order valence-electron chi connectivity index (χ0n) is 11.3. The zero-order valence-corrected chi connectivity index (χ0v) is 11.3. The van der Waals surface area contributed by atoms with Gasteiger partial charge in [-0.1, -0.05) is 6.92 Å². The molecular weight excluding hydrogens is 230 g/mol. The Morgan fingerprint density at radius 3 is 2.72 bits per heavy atom. The first-order valence-corrected chi connectivity index (χ1v) is 6.56. The van der Waals surface area contributed by atoms with E-state index < -0.39 is 0 Å². The molecule has 1 aromatic rings. The highest BCUT2D eigenvalue weighted by Crippen LogP contribution is 2.23. The average Bonchev–Trinajstić information content (AvgIpc) is 2.40. The number of aromatic nitrogens is 2. The van der Waals surface area contributed by atoms with Gasteiger partial charge in [0.05, 0.1) is 19.8 Å². The second-order valence-electron chi connectivity index (χ2n) is 4.31. The predicted octanol–water partition coefficient (Wildman–Crippen LogP) is 1.87. The third-order valence-electron chi connectivity index (χ3n) is 3.03. The fraction of sp³-hybridized carbons (Fsp3) is 0.692. The summed E-state index contributed by atoms with van der Waals surface area (Å²) in [5.41, 5.74) is 2.20. The maximum absolute atomic E-state index is 5.65. The SMILES string of the molecule is CCNc1nc(C2COCCO2)nc(C)c1CC. The van der Waals surface area contributed by atoms with Gasteiger partial charge in [-0.25, -0.2) is 9.97 Å². The van der Waals surface area contributed by atoms with Crippen LogP contribution in [0.5, 0.6) is 0 Å². The maximum atomic E-state index is 5.65. The molecule has 1 unspecified atom stereocenters. The van der Waals surface area contributed by atoms with Crippen LogP contribution in [0.25, 0.3) is 0 Å². The van der Waals surface area contributed by atoms with Crippen LogP contribution in [-0.2, 0) is 15.9 Å². The number of ether oxygens (including phenoxy) is 2. The Kier molecular flexibility index (Phi) is 4.49. The lowest BCUT2D eigenvalue weighted by Crippen LogP contribution is -2.24. The molecule has 1 aliphatic heterocycles. The van der Waals surface area contributed by atoms with E-state index in [4.69, 9.17) is 9.47 Å². The molecule has 0 bridgehead atoms. The van der Waals surface area contributed by atoms with Gasteiger partial charge in [0.2, 0.25) is 0 Å². The first-order valence-electron chi connectivity index (χ1n) is 6.56. The highest BCUT2D eigenvalue weighted by Gasteiger charge is 2.21. The van der Waals surface area contributed by atoms with Crippen LogP contribution in [0.1, 0.15) is 37.0 Å². The van der Waals surface area contributed by atoms with E-state index >= 15 is 0 Å². The molecule has 1 fully saturated rings. The first kappa shape index (κ1) is 13.2. The standard InChI is InChI=1S/C13H21N3O2/c1-4-10-9(3)15-13(16-12(10)14-5-2)11-8-17-6-7-18-11/h11H,4-8H2,1-3H3,(H,14,15,16). The van der Waals surface area contributed by atoms with Crippen molar-refractivity contribution in [3.63, 3.8) is 0 Å². The Morgan fingerprint density at radius 1 is 1.28 bits per heavy atom. The summed E-state index contributed by atoms with van der Waals surface area (Å²) >= 11 is 0. The van der Waals surface area contributed by atoms with Crippen LogP contribution >= 0.6 is 0 Å². The van der Waals surface area contributed by atoms with Crippen molar-refractivity contribution in [2.45, 2.75) is 33.3 Å². The summed E-state index contributed by atoms with van der Waals surface area (Å²) in [5.74, 6) is 1.65. The average molecular weight is 251 g/mol. The summed E-state index contributed by atoms with van der Waals surface area (Å²) in [7, 11) is 0. The molecule has 0 aliphatic carbocycles. The number of rotatable bonds is 4. The van der Waals surface area contributed by atoms with Gasteiger partial charge in [-0.15, -0.1) is 0 Å². The molecule has 1 saturated heterocycles. The Balaban J connectivity index is 2.30. The summed E-state index contributed by atoms with van der Waals surface area (Å²) in [6.45, 7) is 8.86. The molecule has 0 spiro atoms. The summed E-state index contributed by atoms with van der Waals surface area (Å²) < 4.78 is 11.1. The van der Waals surface area contributed by atoms with Gasteiger partial charge in [0.15, 0.2) is 5.82 Å². The summed E-state index contributed by atoms with van der Waals surface area (Å²) in [6.07, 6.45) is 0.789. The lowest BCUT2D eigenvalue weighted by atomic mass is 10.1. The lowest BCUT2D eigenvalue weighted by molar-refractivity contribution is -0.0935. The van der Waals surface area contributed by atoms with Crippen molar-refractivity contribution in [1.29, 1.82) is 0 Å². The van der Waals surface area contributed by atoms with Gasteiger partial charge in [-0.2, -0.15) is 0 Å². The van der Waals surface area contributed by atoms with E-state index in [0.717, 1.165) is 30.3 Å². The fourth-order valence-electron chi connectivity index (χ4n) is 2.14. The van der Waals surface area contributed by atoms with Crippen LogP contribution in [0.2, 0.25) is 0 Å². The number of aryl methyl sites for hydroxylation is 1. The van der Waals surface area contributed by atoms with Gasteiger partial charge in [-0.05, 0) is 20.3 Å². The number of nitrogens with zero attached hydrogens (tertiary/aromatic N) is 2. The summed E-state index contributed by atoms with van der Waals surface area (Å²) in [5, 5.41) is 3.30. The minimum Gasteiger partial charge on any atom is -0.376 e. The van der Waals surface area contributed by atoms with E-state index in [0.29, 0.717) is 19.8 Å². The minimum atomic E-state index is -0.138. The molecule has 1 aromatic heterocycles. The fourth-order valence-corrected chi connectivity index (χ4v) is 2.14. The van der Waals surface area contributed by atoms with Gasteiger partial charge in [0, 0.05) is 17.8 Å². The normalized spacial score (nSPS) is 19.8. The molecule has 18 heavy (non-hydrogen) atoms. The molecular formula is C13H21N3O2. The molecule has 2 rings (SSSR count). The monoisotopic (exact) mass is 251 g/mol. The van der Waals surface area contributed by atoms with E-state index in [1.54, 1.807) is 0 Å². The largest absolute Gasteiger partial charge is 0.376 e. The molecule has 1 N–H and O–H groups in total. The topological polar surface area (TPSA) is 56.3 Å². The Morgan fingerprint density at radius 2 is 2.11 bits per heavy atom. The van der Waals surface area contributed by atoms with Crippen molar-refractivity contribution < 1.29 is 9.47 Å². The first-order chi connectivity index (χ1) is 8.76. The predicted molar refractivity (Wildman–Crippen MR) is 69.8 cm³/mol. The van der Waals surface area contributed by atoms with Gasteiger partial charge in [0.1, 0.15) is 11.9 Å². The third kappa shape index (κ3) is 2.79. The van der Waals surface area contributed by atoms with E-state index in [9.17, 15) is 0 Å². The van der Waals surface area contributed by atoms with Crippen molar-refractivity contribution in [2.24, 2.45) is 0 Å². The molecule has 0 aromatic carbocycles. The van der Waals surface area contributed by atoms with E-state index in [2.05, 4.69) is 29.1 Å². The quantitative estimate of drug-likeness (QED) is 0.885. The smallest absolute Gasteiger partial charge is 0.162 e. The van der Waals surface area contributed by atoms with Crippen LogP contribution in [-0.4, -0.2) is 36.3 Å². The molecule has 0 radical (unpaired) electrons. The van der Waals surface area contributed by atoms with E-state index in [1.807, 2.05) is 6.92 Å². The van der Waals surface area contributed by atoms with Crippen LogP contribution in [0.4, 0.5) is 5.82 Å². The van der Waals surface area contributed by atoms with Gasteiger partial charge < -0.3 is 14.8 Å². The Bertz CT molecular complexity index is 403. The van der Waals surface area contributed by atoms with Crippen molar-refractivity contribution in [2.75, 3.05) is 31.7 Å². The van der Waals surface area contributed by atoms with E-state index in [1.165, 1.54) is 5.56 Å². The Hall–Kier alpha value is -1.20. The maximum Gasteiger partial charge on any atom is 0.162 e. The molecule has 1 atom stereocenters. The molecule has 5 heteroatoms. The molecule has 5 nitrogen and oxygen atoms in total.